The Labute approximate surface area is 244 Å². The molecule has 1 aromatic heterocycles. The lowest BCUT2D eigenvalue weighted by Gasteiger charge is -2.25. The summed E-state index contributed by atoms with van der Waals surface area (Å²) in [5.41, 5.74) is 0.946. The Morgan fingerprint density at radius 1 is 1.07 bits per heavy atom. The van der Waals surface area contributed by atoms with Crippen LogP contribution >= 0.6 is 0 Å². The van der Waals surface area contributed by atoms with Gasteiger partial charge in [-0.3, -0.25) is 19.2 Å². The molecule has 0 aliphatic carbocycles. The number of aromatic nitrogens is 1. The number of Topliss-reactive ketones (excluding diaryl/α,β-unsaturated/α-hetero) is 1. The van der Waals surface area contributed by atoms with Crippen molar-refractivity contribution in [3.8, 4) is 5.75 Å². The Morgan fingerprint density at radius 2 is 1.83 bits per heavy atom. The van der Waals surface area contributed by atoms with Gasteiger partial charge >= 0.3 is 6.16 Å². The Morgan fingerprint density at radius 3 is 2.48 bits per heavy atom. The highest BCUT2D eigenvalue weighted by molar-refractivity contribution is 6.02. The number of ketones is 1. The maximum atomic E-state index is 13.5. The minimum atomic E-state index is -1.07. The predicted molar refractivity (Wildman–Crippen MR) is 152 cm³/mol. The first-order valence-electron chi connectivity index (χ1n) is 14.0. The van der Waals surface area contributed by atoms with Crippen LogP contribution in [0.4, 0.5) is 4.79 Å². The van der Waals surface area contributed by atoms with Crippen molar-refractivity contribution in [2.75, 3.05) is 27.1 Å². The van der Waals surface area contributed by atoms with E-state index in [9.17, 15) is 24.0 Å². The number of benzene rings is 1. The molecule has 13 nitrogen and oxygen atoms in total. The minimum Gasteiger partial charge on any atom is -0.496 e. The number of methoxy groups -OCH3 is 1. The van der Waals surface area contributed by atoms with Crippen molar-refractivity contribution in [1.29, 1.82) is 0 Å². The molecule has 1 aromatic carbocycles. The van der Waals surface area contributed by atoms with Gasteiger partial charge < -0.3 is 39.9 Å². The lowest BCUT2D eigenvalue weighted by Crippen LogP contribution is -2.53. The number of amides is 3. The topological polar surface area (TPSA) is 174 Å². The van der Waals surface area contributed by atoms with E-state index in [0.29, 0.717) is 30.7 Å². The largest absolute Gasteiger partial charge is 0.510 e. The van der Waals surface area contributed by atoms with Crippen molar-refractivity contribution in [3.05, 3.63) is 30.0 Å². The lowest BCUT2D eigenvalue weighted by molar-refractivity contribution is -0.135. The van der Waals surface area contributed by atoms with Gasteiger partial charge in [0.2, 0.25) is 11.8 Å². The third-order valence-electron chi connectivity index (χ3n) is 6.64. The van der Waals surface area contributed by atoms with Crippen LogP contribution in [0, 0.1) is 11.8 Å². The fourth-order valence-electron chi connectivity index (χ4n) is 4.62. The summed E-state index contributed by atoms with van der Waals surface area (Å²) in [6.45, 7) is 6.60. The number of rotatable bonds is 15. The van der Waals surface area contributed by atoms with Crippen molar-refractivity contribution in [2.45, 2.75) is 65.1 Å². The third kappa shape index (κ3) is 9.20. The number of carbonyl (C=O) groups excluding carboxylic acids is 5. The third-order valence-corrected chi connectivity index (χ3v) is 6.64. The highest BCUT2D eigenvalue weighted by Gasteiger charge is 2.33. The van der Waals surface area contributed by atoms with Gasteiger partial charge in [0.05, 0.1) is 19.3 Å². The number of carbonyl (C=O) groups is 5. The highest BCUT2D eigenvalue weighted by atomic mass is 16.8. The second kappa shape index (κ2) is 15.2. The summed E-state index contributed by atoms with van der Waals surface area (Å²) < 4.78 is 20.2. The Kier molecular flexibility index (Phi) is 11.7. The lowest BCUT2D eigenvalue weighted by atomic mass is 9.95. The SMILES string of the molecule is COc1cccc2[nH]c(C(=O)N[C@@H](CC(C)C)C(=O)N[C@@H](C[C@@H]3CCNC3=O)C(=O)COCOC(=O)OC(C)C)cc12. The van der Waals surface area contributed by atoms with Crippen LogP contribution < -0.4 is 20.7 Å². The fraction of sp³-hybridized carbons (Fsp3) is 0.552. The van der Waals surface area contributed by atoms with Gasteiger partial charge in [-0.1, -0.05) is 19.9 Å². The first-order valence-corrected chi connectivity index (χ1v) is 14.0. The molecule has 0 saturated carbocycles. The minimum absolute atomic E-state index is 0.0321. The molecule has 13 heteroatoms. The van der Waals surface area contributed by atoms with Crippen LogP contribution in [0.5, 0.6) is 5.75 Å². The van der Waals surface area contributed by atoms with E-state index in [1.165, 1.54) is 7.11 Å². The summed E-state index contributed by atoms with van der Waals surface area (Å²) in [5.74, 6) is -1.63. The van der Waals surface area contributed by atoms with Crippen LogP contribution in [0.2, 0.25) is 0 Å². The predicted octanol–water partition coefficient (Wildman–Crippen LogP) is 2.44. The van der Waals surface area contributed by atoms with E-state index in [1.54, 1.807) is 32.0 Å². The summed E-state index contributed by atoms with van der Waals surface area (Å²) >= 11 is 0. The van der Waals surface area contributed by atoms with E-state index in [0.717, 1.165) is 5.39 Å². The maximum Gasteiger partial charge on any atom is 0.510 e. The van der Waals surface area contributed by atoms with Crippen LogP contribution in [0.3, 0.4) is 0 Å². The van der Waals surface area contributed by atoms with Gasteiger partial charge in [-0.2, -0.15) is 0 Å². The second-order valence-corrected chi connectivity index (χ2v) is 10.8. The number of fused-ring (bicyclic) bond motifs is 1. The van der Waals surface area contributed by atoms with E-state index in [2.05, 4.69) is 20.9 Å². The molecule has 2 aromatic rings. The Bertz CT molecular complexity index is 1270. The first-order chi connectivity index (χ1) is 20.0. The Hall–Kier alpha value is -4.13. The zero-order valence-corrected chi connectivity index (χ0v) is 24.6. The van der Waals surface area contributed by atoms with Crippen molar-refractivity contribution in [3.63, 3.8) is 0 Å². The number of ether oxygens (including phenoxy) is 4. The van der Waals surface area contributed by atoms with Crippen molar-refractivity contribution in [2.24, 2.45) is 11.8 Å². The second-order valence-electron chi connectivity index (χ2n) is 10.8. The van der Waals surface area contributed by atoms with E-state index < -0.39 is 55.2 Å². The Balaban J connectivity index is 1.70. The normalized spacial score (nSPS) is 16.2. The average Bonchev–Trinajstić information content (AvgIpc) is 3.55. The summed E-state index contributed by atoms with van der Waals surface area (Å²) in [5, 5.41) is 8.94. The molecular formula is C29H40N4O9. The molecule has 3 amide bonds. The molecule has 1 aliphatic heterocycles. The summed E-state index contributed by atoms with van der Waals surface area (Å²) in [4.78, 5) is 66.6. The van der Waals surface area contributed by atoms with Gasteiger partial charge in [-0.25, -0.2) is 4.79 Å². The molecule has 4 N–H and O–H groups in total. The molecule has 1 saturated heterocycles. The highest BCUT2D eigenvalue weighted by Crippen LogP contribution is 2.26. The van der Waals surface area contributed by atoms with Crippen molar-refractivity contribution < 1.29 is 42.9 Å². The zero-order chi connectivity index (χ0) is 30.8. The molecule has 0 radical (unpaired) electrons. The molecule has 0 unspecified atom stereocenters. The molecule has 1 fully saturated rings. The number of aromatic amines is 1. The molecule has 2 heterocycles. The maximum absolute atomic E-state index is 13.5. The number of H-pyrrole nitrogens is 1. The van der Waals surface area contributed by atoms with E-state index in [4.69, 9.17) is 18.9 Å². The van der Waals surface area contributed by atoms with E-state index in [1.807, 2.05) is 19.9 Å². The molecular weight excluding hydrogens is 548 g/mol. The van der Waals surface area contributed by atoms with Gasteiger partial charge in [0.1, 0.15) is 24.1 Å². The average molecular weight is 589 g/mol. The first kappa shape index (κ1) is 32.4. The van der Waals surface area contributed by atoms with E-state index in [-0.39, 0.29) is 30.0 Å². The smallest absolute Gasteiger partial charge is 0.496 e. The molecule has 42 heavy (non-hydrogen) atoms. The van der Waals surface area contributed by atoms with Gasteiger partial charge in [-0.15, -0.1) is 0 Å². The molecule has 0 bridgehead atoms. The van der Waals surface area contributed by atoms with Gasteiger partial charge in [0.25, 0.3) is 5.91 Å². The summed E-state index contributed by atoms with van der Waals surface area (Å²) in [6.07, 6.45) is -0.450. The van der Waals surface area contributed by atoms with Crippen LogP contribution in [0.15, 0.2) is 24.3 Å². The molecule has 0 spiro atoms. The molecule has 3 rings (SSSR count). The van der Waals surface area contributed by atoms with Gasteiger partial charge in [0, 0.05) is 23.4 Å². The fourth-order valence-corrected chi connectivity index (χ4v) is 4.62. The summed E-state index contributed by atoms with van der Waals surface area (Å²) in [6, 6.07) is 5.00. The monoisotopic (exact) mass is 588 g/mol. The van der Waals surface area contributed by atoms with Gasteiger partial charge in [0.15, 0.2) is 12.6 Å². The van der Waals surface area contributed by atoms with Crippen LogP contribution in [-0.2, 0) is 28.6 Å². The molecule has 230 valence electrons. The van der Waals surface area contributed by atoms with Crippen molar-refractivity contribution in [1.82, 2.24) is 20.9 Å². The van der Waals surface area contributed by atoms with Crippen molar-refractivity contribution >= 4 is 40.6 Å². The van der Waals surface area contributed by atoms with Gasteiger partial charge in [-0.05, 0) is 57.2 Å². The quantitative estimate of drug-likeness (QED) is 0.138. The molecule has 1 aliphatic rings. The molecule has 3 atom stereocenters. The zero-order valence-electron chi connectivity index (χ0n) is 24.6. The summed E-state index contributed by atoms with van der Waals surface area (Å²) in [7, 11) is 1.54. The number of hydrogen-bond donors (Lipinski definition) is 4. The number of nitrogens with one attached hydrogen (secondary N) is 4. The van der Waals surface area contributed by atoms with Crippen LogP contribution in [0.1, 0.15) is 57.4 Å². The number of hydrogen-bond acceptors (Lipinski definition) is 9. The van der Waals surface area contributed by atoms with E-state index >= 15 is 0 Å². The van der Waals surface area contributed by atoms with Crippen LogP contribution in [-0.4, -0.2) is 79.9 Å². The standard InChI is InChI=1S/C29H40N4O9/c1-16(2)11-22(33-28(37)23-13-19-20(31-23)7-6-8-25(19)39-5)27(36)32-21(12-18-9-10-30-26(18)35)24(34)14-40-15-41-29(38)42-17(3)4/h6-8,13,16-18,21-22,31H,9-12,14-15H2,1-5H3,(H,30,35)(H,32,36)(H,33,37)/t18-,21-,22-/m0/s1. The van der Waals surface area contributed by atoms with Crippen LogP contribution in [0.25, 0.3) is 10.9 Å².